The number of hydrogen-bond donors (Lipinski definition) is 1. The summed E-state index contributed by atoms with van der Waals surface area (Å²) >= 11 is 0. The van der Waals surface area contributed by atoms with Crippen molar-refractivity contribution in [3.63, 3.8) is 0 Å². The van der Waals surface area contributed by atoms with Crippen LogP contribution >= 0.6 is 0 Å². The van der Waals surface area contributed by atoms with Crippen molar-refractivity contribution >= 4 is 0 Å². The highest BCUT2D eigenvalue weighted by atomic mass is 16.5. The van der Waals surface area contributed by atoms with Crippen molar-refractivity contribution in [2.75, 3.05) is 13.2 Å². The molecule has 96 valence electrons. The van der Waals surface area contributed by atoms with Crippen LogP contribution in [0.1, 0.15) is 47.0 Å². The van der Waals surface area contributed by atoms with Crippen LogP contribution in [0.15, 0.2) is 0 Å². The molecule has 0 heterocycles. The predicted molar refractivity (Wildman–Crippen MR) is 64.5 cm³/mol. The van der Waals surface area contributed by atoms with Gasteiger partial charge in [0.15, 0.2) is 0 Å². The molecule has 0 radical (unpaired) electrons. The molecule has 1 rings (SSSR count). The van der Waals surface area contributed by atoms with E-state index in [1.54, 1.807) is 0 Å². The Kier molecular flexibility index (Phi) is 5.22. The standard InChI is InChI=1S/C13H26O3/c1-10-5-6-11(14)12(9-10)15-7-8-16-13(2,3)4/h10-12,14H,5-9H2,1-4H3. The third kappa shape index (κ3) is 5.28. The molecule has 3 unspecified atom stereocenters. The van der Waals surface area contributed by atoms with Gasteiger partial charge >= 0.3 is 0 Å². The van der Waals surface area contributed by atoms with Gasteiger partial charge in [0.1, 0.15) is 0 Å². The van der Waals surface area contributed by atoms with E-state index in [-0.39, 0.29) is 17.8 Å². The van der Waals surface area contributed by atoms with Crippen LogP contribution in [0.4, 0.5) is 0 Å². The molecule has 1 aliphatic carbocycles. The minimum Gasteiger partial charge on any atom is -0.390 e. The van der Waals surface area contributed by atoms with Crippen LogP contribution in [0.2, 0.25) is 0 Å². The first-order valence-corrected chi connectivity index (χ1v) is 6.32. The van der Waals surface area contributed by atoms with Crippen molar-refractivity contribution < 1.29 is 14.6 Å². The summed E-state index contributed by atoms with van der Waals surface area (Å²) in [5.41, 5.74) is -0.109. The third-order valence-electron chi connectivity index (χ3n) is 2.97. The molecule has 0 spiro atoms. The Morgan fingerprint density at radius 2 is 1.88 bits per heavy atom. The number of hydrogen-bond acceptors (Lipinski definition) is 3. The fourth-order valence-electron chi connectivity index (χ4n) is 2.04. The van der Waals surface area contributed by atoms with Crippen molar-refractivity contribution in [2.24, 2.45) is 5.92 Å². The quantitative estimate of drug-likeness (QED) is 0.754. The van der Waals surface area contributed by atoms with Gasteiger partial charge in [-0.15, -0.1) is 0 Å². The van der Waals surface area contributed by atoms with E-state index in [9.17, 15) is 5.11 Å². The van der Waals surface area contributed by atoms with Gasteiger partial charge in [0.25, 0.3) is 0 Å². The zero-order valence-electron chi connectivity index (χ0n) is 11.0. The van der Waals surface area contributed by atoms with Crippen LogP contribution in [0, 0.1) is 5.92 Å². The largest absolute Gasteiger partial charge is 0.390 e. The molecule has 0 aliphatic heterocycles. The molecule has 3 nitrogen and oxygen atoms in total. The van der Waals surface area contributed by atoms with E-state index < -0.39 is 0 Å². The van der Waals surface area contributed by atoms with Crippen molar-refractivity contribution in [3.05, 3.63) is 0 Å². The Morgan fingerprint density at radius 3 is 2.50 bits per heavy atom. The van der Waals surface area contributed by atoms with Gasteiger partial charge in [-0.3, -0.25) is 0 Å². The maximum Gasteiger partial charge on any atom is 0.0837 e. The fourth-order valence-corrected chi connectivity index (χ4v) is 2.04. The van der Waals surface area contributed by atoms with Crippen LogP contribution in [0.5, 0.6) is 0 Å². The third-order valence-corrected chi connectivity index (χ3v) is 2.97. The summed E-state index contributed by atoms with van der Waals surface area (Å²) in [6.07, 6.45) is 2.67. The minimum absolute atomic E-state index is 0.00678. The number of aliphatic hydroxyl groups excluding tert-OH is 1. The Labute approximate surface area is 99.1 Å². The van der Waals surface area contributed by atoms with Crippen LogP contribution in [0.3, 0.4) is 0 Å². The van der Waals surface area contributed by atoms with E-state index in [1.807, 2.05) is 20.8 Å². The molecule has 0 bridgehead atoms. The van der Waals surface area contributed by atoms with E-state index in [1.165, 1.54) is 0 Å². The first-order valence-electron chi connectivity index (χ1n) is 6.32. The summed E-state index contributed by atoms with van der Waals surface area (Å²) < 4.78 is 11.3. The minimum atomic E-state index is -0.286. The molecule has 0 aromatic heterocycles. The molecule has 1 saturated carbocycles. The zero-order valence-corrected chi connectivity index (χ0v) is 11.0. The fraction of sp³-hybridized carbons (Fsp3) is 1.00. The van der Waals surface area contributed by atoms with Gasteiger partial charge in [0.05, 0.1) is 31.0 Å². The summed E-state index contributed by atoms with van der Waals surface area (Å²) in [6.45, 7) is 9.49. The van der Waals surface area contributed by atoms with Gasteiger partial charge in [-0.2, -0.15) is 0 Å². The molecule has 3 atom stereocenters. The van der Waals surface area contributed by atoms with Crippen LogP contribution in [-0.2, 0) is 9.47 Å². The molecular formula is C13H26O3. The number of rotatable bonds is 4. The van der Waals surface area contributed by atoms with E-state index in [0.29, 0.717) is 19.1 Å². The summed E-state index contributed by atoms with van der Waals surface area (Å²) in [5, 5.41) is 9.78. The molecule has 0 saturated heterocycles. The van der Waals surface area contributed by atoms with Crippen molar-refractivity contribution in [2.45, 2.75) is 64.8 Å². The summed E-state index contributed by atoms with van der Waals surface area (Å²) in [7, 11) is 0. The van der Waals surface area contributed by atoms with E-state index in [2.05, 4.69) is 6.92 Å². The molecule has 0 amide bonds. The highest BCUT2D eigenvalue weighted by molar-refractivity contribution is 4.78. The van der Waals surface area contributed by atoms with Crippen LogP contribution in [0.25, 0.3) is 0 Å². The summed E-state index contributed by atoms with van der Waals surface area (Å²) in [4.78, 5) is 0. The lowest BCUT2D eigenvalue weighted by Gasteiger charge is -2.31. The average Bonchev–Trinajstić information content (AvgIpc) is 2.16. The SMILES string of the molecule is CC1CCC(O)C(OCCOC(C)(C)C)C1. The van der Waals surface area contributed by atoms with Crippen molar-refractivity contribution in [3.8, 4) is 0 Å². The van der Waals surface area contributed by atoms with Crippen LogP contribution < -0.4 is 0 Å². The molecule has 0 aromatic rings. The van der Waals surface area contributed by atoms with E-state index in [4.69, 9.17) is 9.47 Å². The molecule has 3 heteroatoms. The van der Waals surface area contributed by atoms with Gasteiger partial charge in [-0.1, -0.05) is 6.92 Å². The zero-order chi connectivity index (χ0) is 12.2. The number of aliphatic hydroxyl groups is 1. The topological polar surface area (TPSA) is 38.7 Å². The Bertz CT molecular complexity index is 198. The molecule has 1 fully saturated rings. The summed E-state index contributed by atoms with van der Waals surface area (Å²) in [6, 6.07) is 0. The monoisotopic (exact) mass is 230 g/mol. The van der Waals surface area contributed by atoms with E-state index in [0.717, 1.165) is 19.3 Å². The van der Waals surface area contributed by atoms with Gasteiger partial charge < -0.3 is 14.6 Å². The summed E-state index contributed by atoms with van der Waals surface area (Å²) in [5.74, 6) is 0.664. The normalized spacial score (nSPS) is 31.7. The number of ether oxygens (including phenoxy) is 2. The molecule has 0 aromatic carbocycles. The second-order valence-electron chi connectivity index (χ2n) is 5.86. The average molecular weight is 230 g/mol. The van der Waals surface area contributed by atoms with Crippen molar-refractivity contribution in [1.82, 2.24) is 0 Å². The first-order chi connectivity index (χ1) is 7.38. The smallest absolute Gasteiger partial charge is 0.0837 e. The van der Waals surface area contributed by atoms with Gasteiger partial charge in [-0.05, 0) is 46.0 Å². The Morgan fingerprint density at radius 1 is 1.19 bits per heavy atom. The second-order valence-corrected chi connectivity index (χ2v) is 5.86. The lowest BCUT2D eigenvalue weighted by atomic mass is 9.86. The first kappa shape index (κ1) is 13.9. The molecule has 1 N–H and O–H groups in total. The van der Waals surface area contributed by atoms with Gasteiger partial charge in [-0.25, -0.2) is 0 Å². The second kappa shape index (κ2) is 5.99. The van der Waals surface area contributed by atoms with Crippen molar-refractivity contribution in [1.29, 1.82) is 0 Å². The lowest BCUT2D eigenvalue weighted by molar-refractivity contribution is -0.0987. The molecule has 16 heavy (non-hydrogen) atoms. The Hall–Kier alpha value is -0.120. The Balaban J connectivity index is 2.16. The molecular weight excluding hydrogens is 204 g/mol. The maximum absolute atomic E-state index is 9.78. The van der Waals surface area contributed by atoms with Gasteiger partial charge in [0, 0.05) is 0 Å². The highest BCUT2D eigenvalue weighted by Gasteiger charge is 2.27. The highest BCUT2D eigenvalue weighted by Crippen LogP contribution is 2.26. The van der Waals surface area contributed by atoms with Crippen LogP contribution in [-0.4, -0.2) is 36.1 Å². The maximum atomic E-state index is 9.78. The lowest BCUT2D eigenvalue weighted by Crippen LogP contribution is -2.36. The molecule has 1 aliphatic rings. The predicted octanol–water partition coefficient (Wildman–Crippen LogP) is 2.37. The van der Waals surface area contributed by atoms with Gasteiger partial charge in [0.2, 0.25) is 0 Å². The van der Waals surface area contributed by atoms with E-state index >= 15 is 0 Å².